The van der Waals surface area contributed by atoms with Gasteiger partial charge in [0.05, 0.1) is 5.56 Å². The van der Waals surface area contributed by atoms with Gasteiger partial charge in [-0.15, -0.1) is 0 Å². The van der Waals surface area contributed by atoms with Crippen molar-refractivity contribution in [1.82, 2.24) is 4.98 Å². The summed E-state index contributed by atoms with van der Waals surface area (Å²) in [6.07, 6.45) is -2.31. The van der Waals surface area contributed by atoms with Gasteiger partial charge in [0.15, 0.2) is 0 Å². The van der Waals surface area contributed by atoms with Crippen molar-refractivity contribution in [3.63, 3.8) is 0 Å². The van der Waals surface area contributed by atoms with Crippen LogP contribution in [-0.2, 0) is 0 Å². The number of carboxylic acids is 1. The fourth-order valence-corrected chi connectivity index (χ4v) is 2.26. The number of ether oxygens (including phenoxy) is 1. The van der Waals surface area contributed by atoms with Crippen molar-refractivity contribution in [2.45, 2.75) is 29.4 Å². The summed E-state index contributed by atoms with van der Waals surface area (Å²) in [6, 6.07) is 9.23. The Morgan fingerprint density at radius 3 is 2.45 bits per heavy atom. The molecule has 0 radical (unpaired) electrons. The standard InChI is InChI=1S/C15H13F2NO3S/c1-2-15(16,17)21-11-4-6-12(7-5-11)22-13-8-3-10(9-18-13)14(19)20/h3-9H,2H2,1H3,(H,19,20). The molecule has 7 heteroatoms. The SMILES string of the molecule is CCC(F)(F)Oc1ccc(Sc2ccc(C(=O)O)cn2)cc1. The minimum atomic E-state index is -3.18. The van der Waals surface area contributed by atoms with Crippen LogP contribution in [0.3, 0.4) is 0 Å². The normalized spacial score (nSPS) is 11.2. The molecular formula is C15H13F2NO3S. The van der Waals surface area contributed by atoms with Gasteiger partial charge in [0.25, 0.3) is 0 Å². The Kier molecular flexibility index (Phi) is 4.97. The molecule has 0 aliphatic rings. The number of carboxylic acid groups (broad SMARTS) is 1. The Hall–Kier alpha value is -2.15. The van der Waals surface area contributed by atoms with Crippen molar-refractivity contribution < 1.29 is 23.4 Å². The fraction of sp³-hybridized carbons (Fsp3) is 0.200. The van der Waals surface area contributed by atoms with Gasteiger partial charge in [-0.1, -0.05) is 18.7 Å². The molecule has 22 heavy (non-hydrogen) atoms. The summed E-state index contributed by atoms with van der Waals surface area (Å²) < 4.78 is 30.8. The van der Waals surface area contributed by atoms with Crippen molar-refractivity contribution in [1.29, 1.82) is 0 Å². The first-order valence-corrected chi connectivity index (χ1v) is 7.25. The first-order valence-electron chi connectivity index (χ1n) is 6.44. The Labute approximate surface area is 130 Å². The van der Waals surface area contributed by atoms with Gasteiger partial charge in [0, 0.05) is 17.5 Å². The molecule has 0 atom stereocenters. The zero-order valence-electron chi connectivity index (χ0n) is 11.6. The first-order chi connectivity index (χ1) is 10.4. The van der Waals surface area contributed by atoms with Crippen LogP contribution in [0.1, 0.15) is 23.7 Å². The number of aromatic carboxylic acids is 1. The number of aromatic nitrogens is 1. The molecule has 4 nitrogen and oxygen atoms in total. The van der Waals surface area contributed by atoms with Crippen LogP contribution in [0.15, 0.2) is 52.5 Å². The second-order valence-electron chi connectivity index (χ2n) is 4.36. The van der Waals surface area contributed by atoms with Gasteiger partial charge in [-0.05, 0) is 36.4 Å². The van der Waals surface area contributed by atoms with E-state index in [9.17, 15) is 13.6 Å². The van der Waals surface area contributed by atoms with Crippen LogP contribution in [0, 0.1) is 0 Å². The second kappa shape index (κ2) is 6.74. The number of halogens is 2. The molecule has 1 heterocycles. The summed E-state index contributed by atoms with van der Waals surface area (Å²) in [5.41, 5.74) is 0.106. The molecule has 0 amide bonds. The quantitative estimate of drug-likeness (QED) is 0.857. The van der Waals surface area contributed by atoms with Gasteiger partial charge in [0.1, 0.15) is 10.8 Å². The topological polar surface area (TPSA) is 59.4 Å². The summed E-state index contributed by atoms with van der Waals surface area (Å²) in [5, 5.41) is 9.40. The van der Waals surface area contributed by atoms with E-state index in [4.69, 9.17) is 5.11 Å². The van der Waals surface area contributed by atoms with Crippen molar-refractivity contribution in [2.24, 2.45) is 0 Å². The van der Waals surface area contributed by atoms with E-state index < -0.39 is 18.5 Å². The highest BCUT2D eigenvalue weighted by Crippen LogP contribution is 2.30. The maximum atomic E-state index is 13.1. The maximum absolute atomic E-state index is 13.1. The van der Waals surface area contributed by atoms with Gasteiger partial charge >= 0.3 is 12.1 Å². The highest BCUT2D eigenvalue weighted by molar-refractivity contribution is 7.99. The molecule has 0 unspecified atom stereocenters. The lowest BCUT2D eigenvalue weighted by molar-refractivity contribution is -0.177. The van der Waals surface area contributed by atoms with E-state index in [1.54, 1.807) is 18.2 Å². The van der Waals surface area contributed by atoms with Crippen LogP contribution >= 0.6 is 11.8 Å². The van der Waals surface area contributed by atoms with Crippen molar-refractivity contribution in [2.75, 3.05) is 0 Å². The van der Waals surface area contributed by atoms with E-state index in [0.717, 1.165) is 4.90 Å². The summed E-state index contributed by atoms with van der Waals surface area (Å²) in [7, 11) is 0. The molecule has 0 bridgehead atoms. The Morgan fingerprint density at radius 2 is 1.95 bits per heavy atom. The molecule has 0 aliphatic heterocycles. The smallest absolute Gasteiger partial charge is 0.397 e. The predicted octanol–water partition coefficient (Wildman–Crippen LogP) is 4.31. The molecule has 1 N–H and O–H groups in total. The lowest BCUT2D eigenvalue weighted by Gasteiger charge is -2.16. The summed E-state index contributed by atoms with van der Waals surface area (Å²) in [5.74, 6) is -0.951. The number of hydrogen-bond acceptors (Lipinski definition) is 4. The first kappa shape index (κ1) is 16.2. The van der Waals surface area contributed by atoms with Crippen LogP contribution in [-0.4, -0.2) is 22.2 Å². The van der Waals surface area contributed by atoms with E-state index >= 15 is 0 Å². The van der Waals surface area contributed by atoms with Crippen molar-refractivity contribution in [3.8, 4) is 5.75 Å². The Balaban J connectivity index is 2.03. The highest BCUT2D eigenvalue weighted by atomic mass is 32.2. The van der Waals surface area contributed by atoms with Crippen molar-refractivity contribution in [3.05, 3.63) is 48.2 Å². The summed E-state index contributed by atoms with van der Waals surface area (Å²) in [6.45, 7) is 1.34. The predicted molar refractivity (Wildman–Crippen MR) is 77.6 cm³/mol. The third kappa shape index (κ3) is 4.42. The monoisotopic (exact) mass is 325 g/mol. The zero-order valence-corrected chi connectivity index (χ0v) is 12.4. The third-order valence-electron chi connectivity index (χ3n) is 2.71. The van der Waals surface area contributed by atoms with E-state index in [1.165, 1.54) is 43.1 Å². The molecule has 1 aromatic heterocycles. The van der Waals surface area contributed by atoms with Crippen molar-refractivity contribution >= 4 is 17.7 Å². The van der Waals surface area contributed by atoms with Crippen LogP contribution in [0.2, 0.25) is 0 Å². The van der Waals surface area contributed by atoms with E-state index in [2.05, 4.69) is 9.72 Å². The third-order valence-corrected chi connectivity index (χ3v) is 3.67. The zero-order chi connectivity index (χ0) is 16.2. The number of rotatable bonds is 6. The molecule has 1 aromatic carbocycles. The molecule has 2 rings (SSSR count). The average molecular weight is 325 g/mol. The molecule has 2 aromatic rings. The highest BCUT2D eigenvalue weighted by Gasteiger charge is 2.28. The number of carbonyl (C=O) groups is 1. The lowest BCUT2D eigenvalue weighted by Crippen LogP contribution is -2.22. The Bertz CT molecular complexity index is 645. The number of nitrogens with zero attached hydrogens (tertiary/aromatic N) is 1. The van der Waals surface area contributed by atoms with Gasteiger partial charge in [-0.25, -0.2) is 9.78 Å². The van der Waals surface area contributed by atoms with Crippen LogP contribution < -0.4 is 4.74 Å². The number of hydrogen-bond donors (Lipinski definition) is 1. The molecule has 0 spiro atoms. The van der Waals surface area contributed by atoms with Gasteiger partial charge in [0.2, 0.25) is 0 Å². The number of benzene rings is 1. The second-order valence-corrected chi connectivity index (χ2v) is 5.45. The molecule has 0 saturated heterocycles. The largest absolute Gasteiger partial charge is 0.478 e. The van der Waals surface area contributed by atoms with E-state index in [1.807, 2.05) is 0 Å². The minimum Gasteiger partial charge on any atom is -0.478 e. The number of pyridine rings is 1. The minimum absolute atomic E-state index is 0.0883. The maximum Gasteiger partial charge on any atom is 0.397 e. The van der Waals surface area contributed by atoms with Crippen LogP contribution in [0.4, 0.5) is 8.78 Å². The average Bonchev–Trinajstić information content (AvgIpc) is 2.49. The lowest BCUT2D eigenvalue weighted by atomic mass is 10.3. The van der Waals surface area contributed by atoms with Crippen LogP contribution in [0.5, 0.6) is 5.75 Å². The van der Waals surface area contributed by atoms with Crippen LogP contribution in [0.25, 0.3) is 0 Å². The van der Waals surface area contributed by atoms with Gasteiger partial charge in [-0.3, -0.25) is 0 Å². The summed E-state index contributed by atoms with van der Waals surface area (Å²) >= 11 is 1.29. The Morgan fingerprint density at radius 1 is 1.27 bits per heavy atom. The van der Waals surface area contributed by atoms with Gasteiger partial charge < -0.3 is 9.84 Å². The van der Waals surface area contributed by atoms with E-state index in [0.29, 0.717) is 5.03 Å². The molecule has 0 aliphatic carbocycles. The molecule has 116 valence electrons. The van der Waals surface area contributed by atoms with E-state index in [-0.39, 0.29) is 11.3 Å². The summed E-state index contributed by atoms with van der Waals surface area (Å²) in [4.78, 5) is 15.5. The molecule has 0 fully saturated rings. The van der Waals surface area contributed by atoms with Gasteiger partial charge in [-0.2, -0.15) is 8.78 Å². The number of alkyl halides is 2. The fourth-order valence-electron chi connectivity index (χ4n) is 1.51. The molecular weight excluding hydrogens is 312 g/mol. The molecule has 0 saturated carbocycles.